The molecule has 1 saturated heterocycles. The number of nitrogens with zero attached hydrogens (tertiary/aromatic N) is 5. The second-order valence-electron chi connectivity index (χ2n) is 7.92. The molecule has 156 valence electrons. The summed E-state index contributed by atoms with van der Waals surface area (Å²) in [6, 6.07) is 6.45. The lowest BCUT2D eigenvalue weighted by molar-refractivity contribution is 0.122. The third-order valence-electron chi connectivity index (χ3n) is 5.73. The molecule has 1 aliphatic heterocycles. The molecular formula is C22H26N6O2. The maximum absolute atomic E-state index is 5.51. The van der Waals surface area contributed by atoms with E-state index >= 15 is 0 Å². The largest absolute Gasteiger partial charge is 0.378 e. The van der Waals surface area contributed by atoms with Crippen molar-refractivity contribution in [3.8, 4) is 22.6 Å². The molecular weight excluding hydrogens is 380 g/mol. The summed E-state index contributed by atoms with van der Waals surface area (Å²) in [4.78, 5) is 16.3. The second-order valence-corrected chi connectivity index (χ2v) is 7.92. The predicted molar refractivity (Wildman–Crippen MR) is 114 cm³/mol. The van der Waals surface area contributed by atoms with Crippen molar-refractivity contribution in [1.29, 1.82) is 0 Å². The van der Waals surface area contributed by atoms with Gasteiger partial charge in [0.15, 0.2) is 5.76 Å². The molecule has 0 amide bonds. The van der Waals surface area contributed by atoms with Crippen LogP contribution in [0.15, 0.2) is 35.1 Å². The van der Waals surface area contributed by atoms with Crippen LogP contribution in [0.25, 0.3) is 22.6 Å². The molecule has 8 nitrogen and oxygen atoms in total. The van der Waals surface area contributed by atoms with Crippen LogP contribution in [0, 0.1) is 6.92 Å². The second kappa shape index (κ2) is 8.39. The van der Waals surface area contributed by atoms with Crippen molar-refractivity contribution in [1.82, 2.24) is 20.1 Å². The summed E-state index contributed by atoms with van der Waals surface area (Å²) in [6.45, 7) is 5.10. The standard InChI is InChI=1S/C22H26N6O2/c1-15-12-19(30-27-15)18-14-24-22(25-17-4-2-3-5-17)26-21(18)16-6-7-20(23-13-16)28-8-10-29-11-9-28/h6-7,12-14,17H,2-5,8-11H2,1H3,(H,24,25,26). The number of hydrogen-bond donors (Lipinski definition) is 1. The van der Waals surface area contributed by atoms with Gasteiger partial charge in [-0.2, -0.15) is 0 Å². The first kappa shape index (κ1) is 19.0. The van der Waals surface area contributed by atoms with E-state index in [9.17, 15) is 0 Å². The first-order valence-electron chi connectivity index (χ1n) is 10.6. The Bertz CT molecular complexity index is 991. The fraction of sp³-hybridized carbons (Fsp3) is 0.455. The summed E-state index contributed by atoms with van der Waals surface area (Å²) in [5.74, 6) is 2.26. The number of aromatic nitrogens is 4. The molecule has 1 aliphatic carbocycles. The zero-order chi connectivity index (χ0) is 20.3. The molecule has 3 aromatic heterocycles. The SMILES string of the molecule is Cc1cc(-c2cnc(NC3CCCC3)nc2-c2ccc(N3CCOCC3)nc2)on1. The molecule has 5 rings (SSSR count). The minimum atomic E-state index is 0.443. The normalized spacial score (nSPS) is 17.4. The first-order valence-corrected chi connectivity index (χ1v) is 10.6. The van der Waals surface area contributed by atoms with Crippen molar-refractivity contribution in [2.75, 3.05) is 36.5 Å². The third kappa shape index (κ3) is 4.00. The van der Waals surface area contributed by atoms with Gasteiger partial charge in [-0.3, -0.25) is 0 Å². The van der Waals surface area contributed by atoms with Crippen LogP contribution in [-0.4, -0.2) is 52.5 Å². The number of pyridine rings is 1. The smallest absolute Gasteiger partial charge is 0.223 e. The van der Waals surface area contributed by atoms with Gasteiger partial charge in [-0.25, -0.2) is 15.0 Å². The molecule has 3 aromatic rings. The zero-order valence-corrected chi connectivity index (χ0v) is 17.2. The Balaban J connectivity index is 1.48. The van der Waals surface area contributed by atoms with Crippen molar-refractivity contribution in [2.45, 2.75) is 38.6 Å². The van der Waals surface area contributed by atoms with E-state index in [1.165, 1.54) is 12.8 Å². The van der Waals surface area contributed by atoms with E-state index in [1.807, 2.05) is 31.5 Å². The first-order chi connectivity index (χ1) is 14.8. The van der Waals surface area contributed by atoms with Crippen LogP contribution in [0.2, 0.25) is 0 Å². The van der Waals surface area contributed by atoms with Gasteiger partial charge in [0.2, 0.25) is 5.95 Å². The van der Waals surface area contributed by atoms with E-state index in [0.717, 1.165) is 67.5 Å². The topological polar surface area (TPSA) is 89.2 Å². The molecule has 0 radical (unpaired) electrons. The van der Waals surface area contributed by atoms with Crippen molar-refractivity contribution < 1.29 is 9.26 Å². The van der Waals surface area contributed by atoms with Gasteiger partial charge < -0.3 is 19.5 Å². The monoisotopic (exact) mass is 406 g/mol. The van der Waals surface area contributed by atoms with Crippen LogP contribution in [0.5, 0.6) is 0 Å². The van der Waals surface area contributed by atoms with Crippen molar-refractivity contribution in [3.63, 3.8) is 0 Å². The highest BCUT2D eigenvalue weighted by Crippen LogP contribution is 2.32. The molecule has 1 N–H and O–H groups in total. The highest BCUT2D eigenvalue weighted by molar-refractivity contribution is 5.78. The maximum Gasteiger partial charge on any atom is 0.223 e. The minimum absolute atomic E-state index is 0.443. The Hall–Kier alpha value is -3.00. The van der Waals surface area contributed by atoms with Gasteiger partial charge in [0, 0.05) is 43.2 Å². The Kier molecular flexibility index (Phi) is 5.31. The molecule has 0 bridgehead atoms. The molecule has 2 fully saturated rings. The van der Waals surface area contributed by atoms with Crippen LogP contribution >= 0.6 is 0 Å². The van der Waals surface area contributed by atoms with Gasteiger partial charge in [-0.15, -0.1) is 0 Å². The Labute approximate surface area is 175 Å². The number of nitrogens with one attached hydrogen (secondary N) is 1. The van der Waals surface area contributed by atoms with Crippen molar-refractivity contribution >= 4 is 11.8 Å². The summed E-state index contributed by atoms with van der Waals surface area (Å²) >= 11 is 0. The van der Waals surface area contributed by atoms with E-state index in [4.69, 9.17) is 19.2 Å². The molecule has 0 spiro atoms. The summed E-state index contributed by atoms with van der Waals surface area (Å²) in [6.07, 6.45) is 8.53. The summed E-state index contributed by atoms with van der Waals surface area (Å²) in [5.41, 5.74) is 3.36. The quantitative estimate of drug-likeness (QED) is 0.686. The number of ether oxygens (including phenoxy) is 1. The molecule has 1 saturated carbocycles. The maximum atomic E-state index is 5.51. The van der Waals surface area contributed by atoms with Gasteiger partial charge in [0.25, 0.3) is 0 Å². The average molecular weight is 406 g/mol. The predicted octanol–water partition coefficient (Wildman–Crippen LogP) is 3.69. The van der Waals surface area contributed by atoms with Crippen LogP contribution in [0.3, 0.4) is 0 Å². The lowest BCUT2D eigenvalue weighted by Crippen LogP contribution is -2.36. The molecule has 4 heterocycles. The lowest BCUT2D eigenvalue weighted by Gasteiger charge is -2.27. The number of hydrogen-bond acceptors (Lipinski definition) is 8. The van der Waals surface area contributed by atoms with Crippen LogP contribution < -0.4 is 10.2 Å². The van der Waals surface area contributed by atoms with Gasteiger partial charge in [-0.1, -0.05) is 18.0 Å². The third-order valence-corrected chi connectivity index (χ3v) is 5.73. The summed E-state index contributed by atoms with van der Waals surface area (Å²) in [5, 5.41) is 7.52. The van der Waals surface area contributed by atoms with Gasteiger partial charge in [-0.05, 0) is 31.9 Å². The van der Waals surface area contributed by atoms with E-state index in [-0.39, 0.29) is 0 Å². The molecule has 30 heavy (non-hydrogen) atoms. The highest BCUT2D eigenvalue weighted by Gasteiger charge is 2.20. The molecule has 0 unspecified atom stereocenters. The van der Waals surface area contributed by atoms with E-state index in [2.05, 4.69) is 26.4 Å². The molecule has 2 aliphatic rings. The molecule has 0 aromatic carbocycles. The zero-order valence-electron chi connectivity index (χ0n) is 17.2. The number of rotatable bonds is 5. The van der Waals surface area contributed by atoms with E-state index < -0.39 is 0 Å². The van der Waals surface area contributed by atoms with Crippen LogP contribution in [-0.2, 0) is 4.74 Å². The van der Waals surface area contributed by atoms with E-state index in [0.29, 0.717) is 17.8 Å². The van der Waals surface area contributed by atoms with Gasteiger partial charge >= 0.3 is 0 Å². The summed E-state index contributed by atoms with van der Waals surface area (Å²) in [7, 11) is 0. The fourth-order valence-electron chi connectivity index (χ4n) is 4.10. The minimum Gasteiger partial charge on any atom is -0.378 e. The van der Waals surface area contributed by atoms with Crippen LogP contribution in [0.1, 0.15) is 31.4 Å². The van der Waals surface area contributed by atoms with E-state index in [1.54, 1.807) is 0 Å². The average Bonchev–Trinajstić information content (AvgIpc) is 3.46. The Morgan fingerprint density at radius 2 is 1.90 bits per heavy atom. The van der Waals surface area contributed by atoms with Crippen LogP contribution in [0.4, 0.5) is 11.8 Å². The number of anilines is 2. The number of morpholine rings is 1. The van der Waals surface area contributed by atoms with Gasteiger partial charge in [0.05, 0.1) is 30.2 Å². The van der Waals surface area contributed by atoms with Crippen molar-refractivity contribution in [2.24, 2.45) is 0 Å². The molecule has 8 heteroatoms. The van der Waals surface area contributed by atoms with Gasteiger partial charge in [0.1, 0.15) is 5.82 Å². The van der Waals surface area contributed by atoms with Crippen molar-refractivity contribution in [3.05, 3.63) is 36.3 Å². The molecule has 0 atom stereocenters. The highest BCUT2D eigenvalue weighted by atomic mass is 16.5. The number of aryl methyl sites for hydroxylation is 1. The fourth-order valence-corrected chi connectivity index (χ4v) is 4.10. The Morgan fingerprint density at radius 3 is 2.60 bits per heavy atom. The lowest BCUT2D eigenvalue weighted by atomic mass is 10.1. The Morgan fingerprint density at radius 1 is 1.07 bits per heavy atom. The summed E-state index contributed by atoms with van der Waals surface area (Å²) < 4.78 is 11.0.